The van der Waals surface area contributed by atoms with Crippen molar-refractivity contribution in [3.63, 3.8) is 0 Å². The molecular formula is C26H24OP2S4. The third kappa shape index (κ3) is 6.93. The fraction of sp³-hybridized carbons (Fsp3) is 0.0769. The van der Waals surface area contributed by atoms with E-state index in [0.717, 1.165) is 0 Å². The van der Waals surface area contributed by atoms with E-state index in [1.165, 1.54) is 20.4 Å². The summed E-state index contributed by atoms with van der Waals surface area (Å²) in [7, 11) is 3.53. The highest BCUT2D eigenvalue weighted by molar-refractivity contribution is 8.61. The Morgan fingerprint density at radius 3 is 1.12 bits per heavy atom. The topological polar surface area (TPSA) is 9.23 Å². The summed E-state index contributed by atoms with van der Waals surface area (Å²) in [6.07, 6.45) is 1.01. The van der Waals surface area contributed by atoms with E-state index >= 15 is 0 Å². The maximum absolute atomic E-state index is 6.47. The Kier molecular flexibility index (Phi) is 9.07. The minimum absolute atomic E-state index is 0.506. The average molecular weight is 543 g/mol. The monoisotopic (exact) mass is 542 g/mol. The number of benzene rings is 4. The van der Waals surface area contributed by atoms with E-state index in [9.17, 15) is 0 Å². The van der Waals surface area contributed by atoms with Crippen LogP contribution in [-0.2, 0) is 51.1 Å². The van der Waals surface area contributed by atoms with Crippen molar-refractivity contribution in [1.82, 2.24) is 0 Å². The summed E-state index contributed by atoms with van der Waals surface area (Å²) in [4.78, 5) is 2.35. The highest BCUT2D eigenvalue weighted by atomic mass is 32.9. The van der Waals surface area contributed by atoms with Crippen molar-refractivity contribution >= 4 is 67.5 Å². The molecule has 0 spiro atoms. The number of hydrogen-bond donors (Lipinski definition) is 0. The van der Waals surface area contributed by atoms with Crippen LogP contribution in [-0.4, -0.2) is 12.7 Å². The molecule has 33 heavy (non-hydrogen) atoms. The van der Waals surface area contributed by atoms with E-state index in [2.05, 4.69) is 97.1 Å². The average Bonchev–Trinajstić information content (AvgIpc) is 2.86. The molecule has 0 N–H and O–H groups in total. The van der Waals surface area contributed by atoms with Gasteiger partial charge in [0, 0.05) is 34.9 Å². The lowest BCUT2D eigenvalue weighted by atomic mass is 10.4. The summed E-state index contributed by atoms with van der Waals surface area (Å²) in [5.41, 5.74) is 0. The largest absolute Gasteiger partial charge is 0.692 e. The van der Waals surface area contributed by atoms with Crippen LogP contribution in [0, 0.1) is 0 Å². The van der Waals surface area contributed by atoms with Crippen LogP contribution < -0.4 is 10.6 Å². The highest BCUT2D eigenvalue weighted by Gasteiger charge is 2.24. The molecule has 7 heteroatoms. The minimum atomic E-state index is -2.06. The molecule has 1 nitrogen and oxygen atoms in total. The summed E-state index contributed by atoms with van der Waals surface area (Å²) in [6, 6.07) is 41.6. The van der Waals surface area contributed by atoms with Crippen molar-refractivity contribution in [1.29, 1.82) is 0 Å². The zero-order valence-electron chi connectivity index (χ0n) is 17.9. The van der Waals surface area contributed by atoms with Gasteiger partial charge in [0.2, 0.25) is 9.79 Å². The standard InChI is InChI=1S/C26H24OP2S4/c30-28(23-13-5-1-6-14-23,32-25-17-9-3-10-18-25)21-27-22-29(31,24-15-7-2-8-16-24)33-26-19-11-4-12-20-26/h1-20H,21-22H2. The molecule has 0 saturated carbocycles. The van der Waals surface area contributed by atoms with Crippen LogP contribution in [0.5, 0.6) is 0 Å². The fourth-order valence-electron chi connectivity index (χ4n) is 3.20. The van der Waals surface area contributed by atoms with Crippen molar-refractivity contribution in [2.45, 2.75) is 9.79 Å². The van der Waals surface area contributed by atoms with Gasteiger partial charge in [0.05, 0.1) is 23.2 Å². The zero-order valence-corrected chi connectivity index (χ0v) is 23.0. The second-order valence-corrected chi connectivity index (χ2v) is 22.8. The summed E-state index contributed by atoms with van der Waals surface area (Å²) in [5.74, 6) is 0. The Morgan fingerprint density at radius 1 is 0.485 bits per heavy atom. The second kappa shape index (κ2) is 12.0. The lowest BCUT2D eigenvalue weighted by Gasteiger charge is -2.26. The van der Waals surface area contributed by atoms with Gasteiger partial charge in [-0.3, -0.25) is 0 Å². The number of rotatable bonds is 8. The number of ether oxygens (including phenoxy) is 1. The molecule has 0 bridgehead atoms. The first-order valence-electron chi connectivity index (χ1n) is 10.4. The first kappa shape index (κ1) is 24.9. The molecule has 0 fully saturated rings. The summed E-state index contributed by atoms with van der Waals surface area (Å²) >= 11 is 12.6. The van der Waals surface area contributed by atoms with E-state index < -0.39 is 10.5 Å². The Balaban J connectivity index is 1.66. The van der Waals surface area contributed by atoms with Gasteiger partial charge in [-0.05, 0) is 0 Å². The molecule has 0 aliphatic rings. The van der Waals surface area contributed by atoms with Gasteiger partial charge in [0.1, 0.15) is 0 Å². The van der Waals surface area contributed by atoms with Gasteiger partial charge in [0.15, 0.2) is 21.9 Å². The summed E-state index contributed by atoms with van der Waals surface area (Å²) in [5, 5.41) is -1.77. The molecule has 2 atom stereocenters. The highest BCUT2D eigenvalue weighted by Crippen LogP contribution is 2.50. The quantitative estimate of drug-likeness (QED) is 0.140. The number of hydrogen-bond acceptors (Lipinski definition) is 3. The van der Waals surface area contributed by atoms with Gasteiger partial charge in [-0.25, -0.2) is 0 Å². The molecule has 4 aromatic carbocycles. The van der Waals surface area contributed by atoms with Gasteiger partial charge in [-0.1, -0.05) is 97.1 Å². The van der Waals surface area contributed by atoms with Crippen LogP contribution in [0.1, 0.15) is 0 Å². The molecule has 4 rings (SSSR count). The lowest BCUT2D eigenvalue weighted by molar-refractivity contribution is 0.236. The van der Waals surface area contributed by atoms with E-state index in [1.54, 1.807) is 21.9 Å². The smallest absolute Gasteiger partial charge is 0.223 e. The maximum Gasteiger partial charge on any atom is 0.223 e. The Hall–Kier alpha value is -1.16. The Morgan fingerprint density at radius 2 is 0.788 bits per heavy atom. The normalized spacial score (nSPS) is 14.6. The summed E-state index contributed by atoms with van der Waals surface area (Å²) < 4.78 is 6.47. The molecule has 0 amide bonds. The third-order valence-corrected chi connectivity index (χ3v) is 17.8. The molecule has 0 heterocycles. The van der Waals surface area contributed by atoms with Crippen molar-refractivity contribution in [2.24, 2.45) is 0 Å². The maximum atomic E-state index is 6.47. The van der Waals surface area contributed by atoms with Gasteiger partial charge in [-0.2, -0.15) is 0 Å². The molecular weight excluding hydrogens is 519 g/mol. The van der Waals surface area contributed by atoms with Crippen molar-refractivity contribution < 1.29 is 4.74 Å². The van der Waals surface area contributed by atoms with Crippen LogP contribution in [0.3, 0.4) is 0 Å². The molecule has 0 radical (unpaired) electrons. The van der Waals surface area contributed by atoms with Crippen LogP contribution >= 0.6 is 10.5 Å². The van der Waals surface area contributed by atoms with Crippen LogP contribution in [0.15, 0.2) is 131 Å². The van der Waals surface area contributed by atoms with Crippen LogP contribution in [0.2, 0.25) is 0 Å². The first-order valence-corrected chi connectivity index (χ1v) is 19.3. The van der Waals surface area contributed by atoms with Crippen LogP contribution in [0.4, 0.5) is 0 Å². The fourth-order valence-corrected chi connectivity index (χ4v) is 14.7. The van der Waals surface area contributed by atoms with Gasteiger partial charge >= 0.3 is 0 Å². The second-order valence-electron chi connectivity index (χ2n) is 7.29. The predicted octanol–water partition coefficient (Wildman–Crippen LogP) is 6.64. The zero-order chi connectivity index (χ0) is 23.0. The van der Waals surface area contributed by atoms with E-state index in [0.29, 0.717) is 12.7 Å². The van der Waals surface area contributed by atoms with E-state index in [-0.39, 0.29) is 0 Å². The van der Waals surface area contributed by atoms with Gasteiger partial charge in [-0.15, -0.1) is 0 Å². The molecule has 2 unspecified atom stereocenters. The van der Waals surface area contributed by atoms with E-state index in [4.69, 9.17) is 29.2 Å². The SMILES string of the molecule is [S-]P(COCP([S-])(=[S+]c1ccccc1)c1ccccc1)(=[S+]c1ccccc1)c1ccccc1. The first-order chi connectivity index (χ1) is 16.1. The van der Waals surface area contributed by atoms with Gasteiger partial charge in [0.25, 0.3) is 0 Å². The van der Waals surface area contributed by atoms with Crippen LogP contribution in [0.25, 0.3) is 0 Å². The predicted molar refractivity (Wildman–Crippen MR) is 156 cm³/mol. The molecule has 4 aromatic rings. The molecule has 0 aromatic heterocycles. The Bertz CT molecular complexity index is 1160. The molecule has 168 valence electrons. The third-order valence-electron chi connectivity index (χ3n) is 4.81. The lowest BCUT2D eigenvalue weighted by Crippen LogP contribution is -2.13. The van der Waals surface area contributed by atoms with Crippen molar-refractivity contribution in [3.05, 3.63) is 121 Å². The Labute approximate surface area is 214 Å². The van der Waals surface area contributed by atoms with Gasteiger partial charge < -0.3 is 29.2 Å². The molecule has 0 aliphatic carbocycles. The van der Waals surface area contributed by atoms with E-state index in [1.807, 2.05) is 24.3 Å². The van der Waals surface area contributed by atoms with Crippen molar-refractivity contribution in [2.75, 3.05) is 12.7 Å². The molecule has 0 saturated heterocycles. The summed E-state index contributed by atoms with van der Waals surface area (Å²) in [6.45, 7) is 0. The van der Waals surface area contributed by atoms with Crippen molar-refractivity contribution in [3.8, 4) is 0 Å². The molecule has 0 aliphatic heterocycles. The minimum Gasteiger partial charge on any atom is -0.692 e.